The number of pyridine rings is 1. The van der Waals surface area contributed by atoms with E-state index in [0.717, 1.165) is 35.2 Å². The Morgan fingerprint density at radius 3 is 2.89 bits per heavy atom. The summed E-state index contributed by atoms with van der Waals surface area (Å²) in [5.41, 5.74) is 3.53. The molecule has 2 aliphatic rings. The maximum absolute atomic E-state index is 12.7. The Labute approximate surface area is 177 Å². The fourth-order valence-electron chi connectivity index (χ4n) is 4.69. The van der Waals surface area contributed by atoms with E-state index in [4.69, 9.17) is 16.6 Å². The number of benzene rings is 1. The Morgan fingerprint density at radius 2 is 2.04 bits per heavy atom. The Bertz CT molecular complexity index is 885. The van der Waals surface area contributed by atoms with Gasteiger partial charge in [0, 0.05) is 27.0 Å². The number of carbonyl (C=O) groups excluding carboxylic acids is 1. The average Bonchev–Trinajstić information content (AvgIpc) is 2.69. The van der Waals surface area contributed by atoms with E-state index >= 15 is 0 Å². The zero-order chi connectivity index (χ0) is 19.7. The lowest BCUT2D eigenvalue weighted by molar-refractivity contribution is -0.119. The topological polar surface area (TPSA) is 42.0 Å². The maximum Gasteiger partial charge on any atom is 0.230 e. The highest BCUT2D eigenvalue weighted by molar-refractivity contribution is 8.00. The van der Waals surface area contributed by atoms with Crippen LogP contribution in [0, 0.1) is 11.8 Å². The number of carbonyl (C=O) groups is 1. The summed E-state index contributed by atoms with van der Waals surface area (Å²) < 4.78 is 0. The van der Waals surface area contributed by atoms with E-state index in [1.807, 2.05) is 18.2 Å². The van der Waals surface area contributed by atoms with Gasteiger partial charge in [-0.25, -0.2) is 0 Å². The van der Waals surface area contributed by atoms with Crippen molar-refractivity contribution in [2.24, 2.45) is 11.8 Å². The van der Waals surface area contributed by atoms with E-state index in [1.54, 1.807) is 11.8 Å². The second-order valence-electron chi connectivity index (χ2n) is 8.46. The summed E-state index contributed by atoms with van der Waals surface area (Å²) in [5.74, 6) is 1.84. The Balaban J connectivity index is 1.54. The summed E-state index contributed by atoms with van der Waals surface area (Å²) in [6, 6.07) is 6.22. The molecule has 1 aromatic heterocycles. The number of aromatic nitrogens is 1. The summed E-state index contributed by atoms with van der Waals surface area (Å²) in [7, 11) is 0. The lowest BCUT2D eigenvalue weighted by Crippen LogP contribution is -2.44. The maximum atomic E-state index is 12.7. The van der Waals surface area contributed by atoms with Gasteiger partial charge < -0.3 is 5.32 Å². The highest BCUT2D eigenvalue weighted by Crippen LogP contribution is 2.37. The Hall–Kier alpha value is -1.26. The van der Waals surface area contributed by atoms with Gasteiger partial charge in [0.2, 0.25) is 5.91 Å². The van der Waals surface area contributed by atoms with Gasteiger partial charge in [-0.2, -0.15) is 0 Å². The summed E-state index contributed by atoms with van der Waals surface area (Å²) >= 11 is 7.94. The molecule has 1 heterocycles. The molecule has 3 atom stereocenters. The fourth-order valence-corrected chi connectivity index (χ4v) is 5.93. The molecule has 0 bridgehead atoms. The van der Waals surface area contributed by atoms with Gasteiger partial charge in [-0.3, -0.25) is 9.78 Å². The first-order valence-corrected chi connectivity index (χ1v) is 11.9. The van der Waals surface area contributed by atoms with Crippen molar-refractivity contribution < 1.29 is 4.79 Å². The van der Waals surface area contributed by atoms with Gasteiger partial charge in [-0.1, -0.05) is 38.3 Å². The zero-order valence-corrected chi connectivity index (χ0v) is 18.3. The van der Waals surface area contributed by atoms with Crippen LogP contribution in [0.25, 0.3) is 10.9 Å². The first-order valence-electron chi connectivity index (χ1n) is 10.6. The number of fused-ring (bicyclic) bond motifs is 2. The second-order valence-corrected chi connectivity index (χ2v) is 9.89. The molecule has 0 spiro atoms. The van der Waals surface area contributed by atoms with E-state index in [0.29, 0.717) is 23.6 Å². The number of rotatable bonds is 4. The minimum atomic E-state index is 0.146. The standard InChI is InChI=1S/C23H29ClN2OS/c1-14-6-5-9-19(15(14)2)26-22(27)13-28-23-17-7-3-4-8-20(17)25-21-11-10-16(24)12-18(21)23/h10-12,14-15,19H,3-9,13H2,1-2H3,(H,26,27)/t14-,15+,19+/m1/s1. The number of thioether (sulfide) groups is 1. The molecule has 28 heavy (non-hydrogen) atoms. The average molecular weight is 417 g/mol. The number of hydrogen-bond acceptors (Lipinski definition) is 3. The molecule has 4 rings (SSSR count). The van der Waals surface area contributed by atoms with Gasteiger partial charge in [0.25, 0.3) is 0 Å². The van der Waals surface area contributed by atoms with Crippen molar-refractivity contribution in [2.75, 3.05) is 5.75 Å². The lowest BCUT2D eigenvalue weighted by Gasteiger charge is -2.34. The normalized spacial score (nSPS) is 24.8. The third-order valence-electron chi connectivity index (χ3n) is 6.57. The van der Waals surface area contributed by atoms with Crippen LogP contribution in [0.15, 0.2) is 23.1 Å². The largest absolute Gasteiger partial charge is 0.352 e. The number of aryl methyl sites for hydroxylation is 1. The van der Waals surface area contributed by atoms with Gasteiger partial charge in [-0.15, -0.1) is 11.8 Å². The number of nitrogens with zero attached hydrogens (tertiary/aromatic N) is 1. The fraction of sp³-hybridized carbons (Fsp3) is 0.565. The van der Waals surface area contributed by atoms with Crippen LogP contribution in [-0.4, -0.2) is 22.7 Å². The predicted octanol–water partition coefficient (Wildman–Crippen LogP) is 5.80. The molecule has 1 N–H and O–H groups in total. The Morgan fingerprint density at radius 1 is 1.21 bits per heavy atom. The van der Waals surface area contributed by atoms with Crippen LogP contribution in [0.5, 0.6) is 0 Å². The summed E-state index contributed by atoms with van der Waals surface area (Å²) in [5, 5.41) is 5.12. The van der Waals surface area contributed by atoms with Crippen LogP contribution in [0.3, 0.4) is 0 Å². The third kappa shape index (κ3) is 4.18. The SMILES string of the molecule is C[C@H]1[C@H](C)CCC[C@@H]1NC(=O)CSc1c2c(nc3ccc(Cl)cc13)CCCC2. The van der Waals surface area contributed by atoms with Gasteiger partial charge in [0.1, 0.15) is 0 Å². The molecule has 1 fully saturated rings. The Kier molecular flexibility index (Phi) is 6.17. The van der Waals surface area contributed by atoms with Crippen molar-refractivity contribution in [2.45, 2.75) is 69.7 Å². The van der Waals surface area contributed by atoms with Crippen molar-refractivity contribution in [3.8, 4) is 0 Å². The van der Waals surface area contributed by atoms with Gasteiger partial charge in [-0.05, 0) is 67.7 Å². The van der Waals surface area contributed by atoms with Crippen molar-refractivity contribution in [3.05, 3.63) is 34.5 Å². The molecule has 2 aliphatic carbocycles. The van der Waals surface area contributed by atoms with Crippen LogP contribution in [0.2, 0.25) is 5.02 Å². The van der Waals surface area contributed by atoms with Gasteiger partial charge in [0.15, 0.2) is 0 Å². The van der Waals surface area contributed by atoms with Crippen molar-refractivity contribution in [1.82, 2.24) is 10.3 Å². The molecule has 0 saturated heterocycles. The van der Waals surface area contributed by atoms with E-state index in [1.165, 1.54) is 41.8 Å². The summed E-state index contributed by atoms with van der Waals surface area (Å²) in [6.07, 6.45) is 8.06. The molecular weight excluding hydrogens is 388 g/mol. The number of halogens is 1. The molecule has 0 aliphatic heterocycles. The minimum absolute atomic E-state index is 0.146. The number of hydrogen-bond donors (Lipinski definition) is 1. The summed E-state index contributed by atoms with van der Waals surface area (Å²) in [6.45, 7) is 4.58. The molecule has 3 nitrogen and oxygen atoms in total. The van der Waals surface area contributed by atoms with Crippen molar-refractivity contribution >= 4 is 40.2 Å². The van der Waals surface area contributed by atoms with Crippen LogP contribution in [0.4, 0.5) is 0 Å². The molecule has 5 heteroatoms. The van der Waals surface area contributed by atoms with E-state index < -0.39 is 0 Å². The third-order valence-corrected chi connectivity index (χ3v) is 7.97. The van der Waals surface area contributed by atoms with E-state index in [9.17, 15) is 4.79 Å². The number of nitrogens with one attached hydrogen (secondary N) is 1. The number of amides is 1. The molecule has 1 saturated carbocycles. The highest BCUT2D eigenvalue weighted by atomic mass is 35.5. The van der Waals surface area contributed by atoms with Crippen LogP contribution >= 0.6 is 23.4 Å². The van der Waals surface area contributed by atoms with Crippen molar-refractivity contribution in [3.63, 3.8) is 0 Å². The molecule has 1 aromatic carbocycles. The smallest absolute Gasteiger partial charge is 0.230 e. The lowest BCUT2D eigenvalue weighted by atomic mass is 9.78. The van der Waals surface area contributed by atoms with Gasteiger partial charge >= 0.3 is 0 Å². The van der Waals surface area contributed by atoms with Gasteiger partial charge in [0.05, 0.1) is 11.3 Å². The highest BCUT2D eigenvalue weighted by Gasteiger charge is 2.28. The van der Waals surface area contributed by atoms with Crippen LogP contribution in [0.1, 0.15) is 57.2 Å². The quantitative estimate of drug-likeness (QED) is 0.640. The first-order chi connectivity index (χ1) is 13.5. The zero-order valence-electron chi connectivity index (χ0n) is 16.8. The molecule has 0 radical (unpaired) electrons. The molecule has 150 valence electrons. The van der Waals surface area contributed by atoms with E-state index in [-0.39, 0.29) is 5.91 Å². The van der Waals surface area contributed by atoms with Crippen LogP contribution in [-0.2, 0) is 17.6 Å². The first kappa shape index (κ1) is 20.0. The van der Waals surface area contributed by atoms with Crippen molar-refractivity contribution in [1.29, 1.82) is 0 Å². The van der Waals surface area contributed by atoms with Crippen LogP contribution < -0.4 is 5.32 Å². The van der Waals surface area contributed by atoms with E-state index in [2.05, 4.69) is 19.2 Å². The minimum Gasteiger partial charge on any atom is -0.352 e. The molecule has 0 unspecified atom stereocenters. The monoisotopic (exact) mass is 416 g/mol. The molecular formula is C23H29ClN2OS. The molecule has 2 aromatic rings. The molecule has 1 amide bonds. The predicted molar refractivity (Wildman–Crippen MR) is 118 cm³/mol. The second kappa shape index (κ2) is 8.62. The summed E-state index contributed by atoms with van der Waals surface area (Å²) in [4.78, 5) is 18.8.